The van der Waals surface area contributed by atoms with Crippen molar-refractivity contribution in [3.8, 4) is 0 Å². The summed E-state index contributed by atoms with van der Waals surface area (Å²) in [5.41, 5.74) is 1.67. The molecule has 12 heteroatoms. The van der Waals surface area contributed by atoms with Gasteiger partial charge in [0.1, 0.15) is 23.3 Å². The molecule has 0 bridgehead atoms. The lowest BCUT2D eigenvalue weighted by atomic mass is 10.1. The second-order valence-corrected chi connectivity index (χ2v) is 14.4. The molecule has 0 spiro atoms. The van der Waals surface area contributed by atoms with Crippen LogP contribution in [0.25, 0.3) is 0 Å². The van der Waals surface area contributed by atoms with Gasteiger partial charge in [-0.25, -0.2) is 9.59 Å². The van der Waals surface area contributed by atoms with Crippen molar-refractivity contribution in [2.24, 2.45) is 0 Å². The van der Waals surface area contributed by atoms with Gasteiger partial charge in [0.15, 0.2) is 0 Å². The molecular formula is C36H49N5O7. The Labute approximate surface area is 283 Å². The average molecular weight is 664 g/mol. The van der Waals surface area contributed by atoms with E-state index in [1.54, 1.807) is 70.7 Å². The van der Waals surface area contributed by atoms with Gasteiger partial charge in [0.05, 0.1) is 0 Å². The number of anilines is 2. The van der Waals surface area contributed by atoms with Crippen molar-refractivity contribution in [1.29, 1.82) is 0 Å². The Morgan fingerprint density at radius 1 is 0.667 bits per heavy atom. The van der Waals surface area contributed by atoms with Crippen LogP contribution in [0.3, 0.4) is 0 Å². The van der Waals surface area contributed by atoms with E-state index < -0.39 is 35.5 Å². The smallest absolute Gasteiger partial charge is 0.410 e. The first-order valence-electron chi connectivity index (χ1n) is 16.5. The summed E-state index contributed by atoms with van der Waals surface area (Å²) in [7, 11) is 0. The third kappa shape index (κ3) is 10.2. The zero-order valence-electron chi connectivity index (χ0n) is 29.1. The number of benzene rings is 2. The molecule has 2 aromatic carbocycles. The third-order valence-corrected chi connectivity index (χ3v) is 8.00. The van der Waals surface area contributed by atoms with Crippen LogP contribution in [0.2, 0.25) is 0 Å². The molecule has 12 nitrogen and oxygen atoms in total. The highest BCUT2D eigenvalue weighted by molar-refractivity contribution is 5.97. The first-order chi connectivity index (χ1) is 22.5. The fourth-order valence-corrected chi connectivity index (χ4v) is 5.71. The molecule has 2 N–H and O–H groups in total. The summed E-state index contributed by atoms with van der Waals surface area (Å²) >= 11 is 0. The summed E-state index contributed by atoms with van der Waals surface area (Å²) in [6, 6.07) is 13.4. The monoisotopic (exact) mass is 663 g/mol. The number of nitrogens with zero attached hydrogens (tertiary/aromatic N) is 3. The van der Waals surface area contributed by atoms with E-state index in [9.17, 15) is 24.0 Å². The van der Waals surface area contributed by atoms with Gasteiger partial charge in [-0.3, -0.25) is 24.2 Å². The predicted octanol–water partition coefficient (Wildman–Crippen LogP) is 5.91. The third-order valence-electron chi connectivity index (χ3n) is 8.00. The number of rotatable bonds is 8. The Morgan fingerprint density at radius 3 is 1.33 bits per heavy atom. The van der Waals surface area contributed by atoms with Gasteiger partial charge in [-0.1, -0.05) is 24.3 Å². The molecule has 2 saturated heterocycles. The first-order valence-corrected chi connectivity index (χ1v) is 16.5. The van der Waals surface area contributed by atoms with Gasteiger partial charge in [-0.15, -0.1) is 0 Å². The Hall–Kier alpha value is -4.61. The number of hydrogen-bond acceptors (Lipinski definition) is 7. The van der Waals surface area contributed by atoms with Gasteiger partial charge < -0.3 is 25.0 Å². The molecule has 2 atom stereocenters. The Bertz CT molecular complexity index is 1370. The van der Waals surface area contributed by atoms with Crippen LogP contribution in [0.5, 0.6) is 0 Å². The SMILES string of the molecule is CC(=O)N(Cc1ccc(NC(=O)[C@@H]2CCCN2C(=O)OC(C)(C)C)cc1)Cc1ccc(NC(=O)[C@@H]2CCCN2C(=O)OC(C)(C)C)cc1. The fourth-order valence-electron chi connectivity index (χ4n) is 5.71. The predicted molar refractivity (Wildman–Crippen MR) is 182 cm³/mol. The van der Waals surface area contributed by atoms with Crippen LogP contribution in [0.1, 0.15) is 85.3 Å². The number of hydrogen-bond donors (Lipinski definition) is 2. The lowest BCUT2D eigenvalue weighted by molar-refractivity contribution is -0.130. The molecule has 5 amide bonds. The molecule has 0 aromatic heterocycles. The molecule has 2 aliphatic heterocycles. The minimum absolute atomic E-state index is 0.100. The maximum atomic E-state index is 13.0. The summed E-state index contributed by atoms with van der Waals surface area (Å²) in [6.07, 6.45) is 1.60. The van der Waals surface area contributed by atoms with E-state index in [0.29, 0.717) is 50.4 Å². The van der Waals surface area contributed by atoms with Crippen LogP contribution in [-0.2, 0) is 36.9 Å². The molecule has 48 heavy (non-hydrogen) atoms. The summed E-state index contributed by atoms with van der Waals surface area (Å²) in [5.74, 6) is -0.629. The summed E-state index contributed by atoms with van der Waals surface area (Å²) in [6.45, 7) is 14.0. The second kappa shape index (κ2) is 15.1. The van der Waals surface area contributed by atoms with E-state index in [1.807, 2.05) is 24.3 Å². The summed E-state index contributed by atoms with van der Waals surface area (Å²) in [5, 5.41) is 5.81. The lowest BCUT2D eigenvalue weighted by Crippen LogP contribution is -2.45. The Balaban J connectivity index is 1.30. The van der Waals surface area contributed by atoms with E-state index in [0.717, 1.165) is 24.0 Å². The van der Waals surface area contributed by atoms with Gasteiger partial charge in [-0.05, 0) is 103 Å². The number of carbonyl (C=O) groups excluding carboxylic acids is 5. The Morgan fingerprint density at radius 2 is 1.02 bits per heavy atom. The van der Waals surface area contributed by atoms with Crippen LogP contribution in [0, 0.1) is 0 Å². The van der Waals surface area contributed by atoms with Crippen LogP contribution in [0.15, 0.2) is 48.5 Å². The average Bonchev–Trinajstić information content (AvgIpc) is 3.68. The first kappa shape index (κ1) is 36.2. The zero-order valence-corrected chi connectivity index (χ0v) is 29.1. The number of carbonyl (C=O) groups is 5. The molecule has 260 valence electrons. The van der Waals surface area contributed by atoms with E-state index in [2.05, 4.69) is 10.6 Å². The maximum absolute atomic E-state index is 13.0. The van der Waals surface area contributed by atoms with Crippen LogP contribution < -0.4 is 10.6 Å². The van der Waals surface area contributed by atoms with Gasteiger partial charge in [0, 0.05) is 44.5 Å². The topological polar surface area (TPSA) is 138 Å². The second-order valence-electron chi connectivity index (χ2n) is 14.4. The van der Waals surface area contributed by atoms with Gasteiger partial charge in [0.25, 0.3) is 0 Å². The van der Waals surface area contributed by atoms with Crippen molar-refractivity contribution < 1.29 is 33.4 Å². The molecule has 0 aliphatic carbocycles. The molecule has 4 rings (SSSR count). The lowest BCUT2D eigenvalue weighted by Gasteiger charge is -2.28. The van der Waals surface area contributed by atoms with Crippen LogP contribution in [0.4, 0.5) is 21.0 Å². The molecule has 2 heterocycles. The van der Waals surface area contributed by atoms with Gasteiger partial charge >= 0.3 is 12.2 Å². The number of likely N-dealkylation sites (tertiary alicyclic amines) is 2. The zero-order chi connectivity index (χ0) is 35.2. The molecule has 2 aliphatic rings. The fraction of sp³-hybridized carbons (Fsp3) is 0.528. The normalized spacial score (nSPS) is 17.9. The number of amides is 5. The minimum Gasteiger partial charge on any atom is -0.444 e. The highest BCUT2D eigenvalue weighted by Crippen LogP contribution is 2.24. The number of ether oxygens (including phenoxy) is 2. The van der Waals surface area contributed by atoms with Crippen molar-refractivity contribution in [3.63, 3.8) is 0 Å². The molecule has 2 fully saturated rings. The minimum atomic E-state index is -0.644. The quantitative estimate of drug-likeness (QED) is 0.358. The van der Waals surface area contributed by atoms with Crippen molar-refractivity contribution in [1.82, 2.24) is 14.7 Å². The summed E-state index contributed by atoms with van der Waals surface area (Å²) in [4.78, 5) is 68.5. The van der Waals surface area contributed by atoms with Crippen molar-refractivity contribution in [2.45, 2.75) is 111 Å². The highest BCUT2D eigenvalue weighted by Gasteiger charge is 2.38. The van der Waals surface area contributed by atoms with Crippen LogP contribution >= 0.6 is 0 Å². The highest BCUT2D eigenvalue weighted by atomic mass is 16.6. The van der Waals surface area contributed by atoms with Crippen molar-refractivity contribution in [2.75, 3.05) is 23.7 Å². The van der Waals surface area contributed by atoms with Crippen molar-refractivity contribution >= 4 is 41.3 Å². The van der Waals surface area contributed by atoms with Crippen LogP contribution in [-0.4, -0.2) is 81.0 Å². The van der Waals surface area contributed by atoms with E-state index >= 15 is 0 Å². The van der Waals surface area contributed by atoms with Crippen molar-refractivity contribution in [3.05, 3.63) is 59.7 Å². The van der Waals surface area contributed by atoms with E-state index in [4.69, 9.17) is 9.47 Å². The standard InChI is InChI=1S/C36H49N5O7/c1-24(42)39(22-25-12-16-27(17-13-25)37-31(43)29-10-8-20-40(29)33(45)47-35(2,3)4)23-26-14-18-28(19-15-26)38-32(44)30-11-9-21-41(30)34(46)48-36(5,6)7/h12-19,29-30H,8-11,20-23H2,1-7H3,(H,37,43)(H,38,44)/t29-,30-/m0/s1. The van der Waals surface area contributed by atoms with Gasteiger partial charge in [-0.2, -0.15) is 0 Å². The van der Waals surface area contributed by atoms with Gasteiger partial charge in [0.2, 0.25) is 17.7 Å². The molecular weight excluding hydrogens is 614 g/mol. The number of nitrogens with one attached hydrogen (secondary N) is 2. The molecule has 0 saturated carbocycles. The van der Waals surface area contributed by atoms with E-state index in [1.165, 1.54) is 16.7 Å². The maximum Gasteiger partial charge on any atom is 0.410 e. The molecule has 0 radical (unpaired) electrons. The Kier molecular flexibility index (Phi) is 11.4. The molecule has 0 unspecified atom stereocenters. The summed E-state index contributed by atoms with van der Waals surface area (Å²) < 4.78 is 10.9. The largest absolute Gasteiger partial charge is 0.444 e. The molecule has 2 aromatic rings. The van der Waals surface area contributed by atoms with E-state index in [-0.39, 0.29) is 17.7 Å².